The van der Waals surface area contributed by atoms with Crippen LogP contribution >= 0.6 is 22.6 Å². The van der Waals surface area contributed by atoms with Crippen LogP contribution in [0.2, 0.25) is 0 Å². The zero-order valence-corrected chi connectivity index (χ0v) is 14.0. The minimum Gasteiger partial charge on any atom is -0.493 e. The van der Waals surface area contributed by atoms with Crippen LogP contribution in [0.15, 0.2) is 42.5 Å². The van der Waals surface area contributed by atoms with E-state index in [4.69, 9.17) is 9.47 Å². The average molecular weight is 397 g/mol. The van der Waals surface area contributed by atoms with E-state index in [0.29, 0.717) is 11.5 Å². The summed E-state index contributed by atoms with van der Waals surface area (Å²) in [4.78, 5) is 12.1. The van der Waals surface area contributed by atoms with Crippen LogP contribution < -0.4 is 14.8 Å². The van der Waals surface area contributed by atoms with E-state index in [1.807, 2.05) is 36.4 Å². The fourth-order valence-electron chi connectivity index (χ4n) is 1.95. The Hall–Kier alpha value is -1.76. The topological polar surface area (TPSA) is 47.6 Å². The molecule has 21 heavy (non-hydrogen) atoms. The molecule has 0 aromatic heterocycles. The summed E-state index contributed by atoms with van der Waals surface area (Å²) in [5.41, 5.74) is 1.67. The van der Waals surface area contributed by atoms with Gasteiger partial charge in [-0.3, -0.25) is 4.79 Å². The molecule has 2 rings (SSSR count). The van der Waals surface area contributed by atoms with Gasteiger partial charge in [0.25, 0.3) is 0 Å². The van der Waals surface area contributed by atoms with Gasteiger partial charge < -0.3 is 14.8 Å². The number of nitrogens with one attached hydrogen (secondary N) is 1. The van der Waals surface area contributed by atoms with E-state index >= 15 is 0 Å². The molecule has 0 fully saturated rings. The van der Waals surface area contributed by atoms with Gasteiger partial charge in [0, 0.05) is 9.26 Å². The minimum absolute atomic E-state index is 0.0655. The van der Waals surface area contributed by atoms with Gasteiger partial charge >= 0.3 is 0 Å². The molecule has 0 aliphatic rings. The van der Waals surface area contributed by atoms with Crippen molar-refractivity contribution < 1.29 is 14.3 Å². The second kappa shape index (κ2) is 7.31. The van der Waals surface area contributed by atoms with Crippen LogP contribution in [0.3, 0.4) is 0 Å². The van der Waals surface area contributed by atoms with E-state index in [2.05, 4.69) is 27.9 Å². The van der Waals surface area contributed by atoms with E-state index in [1.165, 1.54) is 0 Å². The SMILES string of the molecule is COc1ccc(CC(=O)Nc2cccc(I)c2)cc1OC. The van der Waals surface area contributed by atoms with Crippen molar-refractivity contribution in [3.8, 4) is 11.5 Å². The Morgan fingerprint density at radius 1 is 1.10 bits per heavy atom. The Morgan fingerprint density at radius 3 is 2.52 bits per heavy atom. The first-order valence-electron chi connectivity index (χ1n) is 6.38. The maximum atomic E-state index is 12.1. The monoisotopic (exact) mass is 397 g/mol. The molecule has 0 spiro atoms. The fourth-order valence-corrected chi connectivity index (χ4v) is 2.49. The van der Waals surface area contributed by atoms with Gasteiger partial charge in [0.2, 0.25) is 5.91 Å². The van der Waals surface area contributed by atoms with Crippen LogP contribution in [-0.4, -0.2) is 20.1 Å². The van der Waals surface area contributed by atoms with Crippen LogP contribution in [0.4, 0.5) is 5.69 Å². The predicted octanol–water partition coefficient (Wildman–Crippen LogP) is 3.49. The summed E-state index contributed by atoms with van der Waals surface area (Å²) in [7, 11) is 3.16. The maximum absolute atomic E-state index is 12.1. The lowest BCUT2D eigenvalue weighted by atomic mass is 10.1. The highest BCUT2D eigenvalue weighted by Crippen LogP contribution is 2.27. The average Bonchev–Trinajstić information content (AvgIpc) is 2.47. The van der Waals surface area contributed by atoms with Crippen molar-refractivity contribution in [2.45, 2.75) is 6.42 Å². The van der Waals surface area contributed by atoms with Crippen molar-refractivity contribution in [3.63, 3.8) is 0 Å². The number of anilines is 1. The number of carbonyl (C=O) groups excluding carboxylic acids is 1. The predicted molar refractivity (Wildman–Crippen MR) is 91.0 cm³/mol. The van der Waals surface area contributed by atoms with Gasteiger partial charge in [0.15, 0.2) is 11.5 Å². The largest absolute Gasteiger partial charge is 0.493 e. The highest BCUT2D eigenvalue weighted by molar-refractivity contribution is 14.1. The van der Waals surface area contributed by atoms with E-state index in [0.717, 1.165) is 14.8 Å². The molecule has 0 unspecified atom stereocenters. The van der Waals surface area contributed by atoms with E-state index in [1.54, 1.807) is 20.3 Å². The highest BCUT2D eigenvalue weighted by Gasteiger charge is 2.08. The summed E-state index contributed by atoms with van der Waals surface area (Å²) >= 11 is 2.21. The molecule has 0 radical (unpaired) electrons. The van der Waals surface area contributed by atoms with Crippen LogP contribution in [0, 0.1) is 3.57 Å². The van der Waals surface area contributed by atoms with Gasteiger partial charge in [-0.1, -0.05) is 12.1 Å². The number of benzene rings is 2. The third kappa shape index (κ3) is 4.35. The highest BCUT2D eigenvalue weighted by atomic mass is 127. The molecule has 0 heterocycles. The molecule has 110 valence electrons. The van der Waals surface area contributed by atoms with Crippen LogP contribution in [0.5, 0.6) is 11.5 Å². The third-order valence-electron chi connectivity index (χ3n) is 2.92. The number of halogens is 1. The lowest BCUT2D eigenvalue weighted by Gasteiger charge is -2.10. The molecule has 0 bridgehead atoms. The molecule has 0 aliphatic heterocycles. The van der Waals surface area contributed by atoms with Crippen molar-refractivity contribution in [3.05, 3.63) is 51.6 Å². The second-order valence-electron chi connectivity index (χ2n) is 4.42. The molecule has 1 amide bonds. The first-order valence-corrected chi connectivity index (χ1v) is 7.46. The smallest absolute Gasteiger partial charge is 0.228 e. The molecule has 0 saturated heterocycles. The quantitative estimate of drug-likeness (QED) is 0.786. The number of methoxy groups -OCH3 is 2. The minimum atomic E-state index is -0.0655. The van der Waals surface area contributed by atoms with Gasteiger partial charge in [-0.2, -0.15) is 0 Å². The van der Waals surface area contributed by atoms with E-state index in [9.17, 15) is 4.79 Å². The van der Waals surface area contributed by atoms with E-state index < -0.39 is 0 Å². The lowest BCUT2D eigenvalue weighted by molar-refractivity contribution is -0.115. The summed E-state index contributed by atoms with van der Waals surface area (Å²) in [6, 6.07) is 13.1. The Balaban J connectivity index is 2.06. The summed E-state index contributed by atoms with van der Waals surface area (Å²) in [6.07, 6.45) is 0.284. The fraction of sp³-hybridized carbons (Fsp3) is 0.188. The zero-order valence-electron chi connectivity index (χ0n) is 11.9. The molecule has 0 aliphatic carbocycles. The lowest BCUT2D eigenvalue weighted by Crippen LogP contribution is -2.14. The summed E-state index contributed by atoms with van der Waals surface area (Å²) in [6.45, 7) is 0. The number of ether oxygens (including phenoxy) is 2. The Kier molecular flexibility index (Phi) is 5.44. The third-order valence-corrected chi connectivity index (χ3v) is 3.59. The van der Waals surface area contributed by atoms with Gasteiger partial charge in [0.1, 0.15) is 0 Å². The molecule has 4 nitrogen and oxygen atoms in total. The maximum Gasteiger partial charge on any atom is 0.228 e. The van der Waals surface area contributed by atoms with Gasteiger partial charge in [-0.15, -0.1) is 0 Å². The van der Waals surface area contributed by atoms with Crippen LogP contribution in [0.25, 0.3) is 0 Å². The van der Waals surface area contributed by atoms with Crippen LogP contribution in [0.1, 0.15) is 5.56 Å². The van der Waals surface area contributed by atoms with Gasteiger partial charge in [0.05, 0.1) is 20.6 Å². The van der Waals surface area contributed by atoms with Gasteiger partial charge in [-0.05, 0) is 58.5 Å². The van der Waals surface area contributed by atoms with Gasteiger partial charge in [-0.25, -0.2) is 0 Å². The number of amides is 1. The molecule has 0 saturated carbocycles. The summed E-state index contributed by atoms with van der Waals surface area (Å²) in [5, 5.41) is 2.88. The molecule has 2 aromatic carbocycles. The van der Waals surface area contributed by atoms with Crippen LogP contribution in [-0.2, 0) is 11.2 Å². The molecular formula is C16H16INO3. The Bertz CT molecular complexity index is 643. The first kappa shape index (κ1) is 15.6. The van der Waals surface area contributed by atoms with Crippen molar-refractivity contribution in [2.24, 2.45) is 0 Å². The zero-order chi connectivity index (χ0) is 15.2. The second-order valence-corrected chi connectivity index (χ2v) is 5.67. The normalized spacial score (nSPS) is 10.0. The van der Waals surface area contributed by atoms with Crippen molar-refractivity contribution >= 4 is 34.2 Å². The molecule has 5 heteroatoms. The van der Waals surface area contributed by atoms with Crippen molar-refractivity contribution in [1.82, 2.24) is 0 Å². The molecule has 0 atom stereocenters. The molecular weight excluding hydrogens is 381 g/mol. The number of rotatable bonds is 5. The standard InChI is InChI=1S/C16H16INO3/c1-20-14-7-6-11(8-15(14)21-2)9-16(19)18-13-5-3-4-12(17)10-13/h3-8,10H,9H2,1-2H3,(H,18,19). The first-order chi connectivity index (χ1) is 10.1. The molecule has 1 N–H and O–H groups in total. The molecule has 2 aromatic rings. The number of carbonyl (C=O) groups is 1. The number of hydrogen-bond acceptors (Lipinski definition) is 3. The van der Waals surface area contributed by atoms with Crippen molar-refractivity contribution in [1.29, 1.82) is 0 Å². The number of hydrogen-bond donors (Lipinski definition) is 1. The Labute approximate surface area is 137 Å². The summed E-state index contributed by atoms with van der Waals surface area (Å²) < 4.78 is 11.5. The Morgan fingerprint density at radius 2 is 1.86 bits per heavy atom. The van der Waals surface area contributed by atoms with E-state index in [-0.39, 0.29) is 12.3 Å². The van der Waals surface area contributed by atoms with Crippen molar-refractivity contribution in [2.75, 3.05) is 19.5 Å². The summed E-state index contributed by atoms with van der Waals surface area (Å²) in [5.74, 6) is 1.21.